The molecule has 0 spiro atoms. The van der Waals surface area contributed by atoms with E-state index in [1.165, 1.54) is 29.2 Å². The van der Waals surface area contributed by atoms with Crippen LogP contribution in [-0.2, 0) is 10.9 Å². The van der Waals surface area contributed by atoms with E-state index in [2.05, 4.69) is 10.4 Å². The number of ether oxygens (including phenoxy) is 1. The minimum Gasteiger partial charge on any atom is -0.444 e. The summed E-state index contributed by atoms with van der Waals surface area (Å²) in [5.74, 6) is -0.867. The second kappa shape index (κ2) is 9.01. The van der Waals surface area contributed by atoms with E-state index in [1.54, 1.807) is 20.8 Å². The van der Waals surface area contributed by atoms with Gasteiger partial charge in [-0.05, 0) is 57.9 Å². The third kappa shape index (κ3) is 5.73. The second-order valence-corrected chi connectivity index (χ2v) is 8.94. The van der Waals surface area contributed by atoms with Crippen LogP contribution in [0.4, 0.5) is 18.0 Å². The number of nitrogens with zero attached hydrogens (tertiary/aromatic N) is 3. The molecule has 0 unspecified atom stereocenters. The molecule has 2 amide bonds. The number of benzene rings is 1. The van der Waals surface area contributed by atoms with E-state index in [4.69, 9.17) is 16.3 Å². The van der Waals surface area contributed by atoms with Gasteiger partial charge in [-0.15, -0.1) is 0 Å². The lowest BCUT2D eigenvalue weighted by molar-refractivity contribution is -0.143. The highest BCUT2D eigenvalue weighted by molar-refractivity contribution is 6.30. The Bertz CT molecular complexity index is 976. The Balaban J connectivity index is 1.71. The van der Waals surface area contributed by atoms with Crippen molar-refractivity contribution >= 4 is 23.6 Å². The highest BCUT2D eigenvalue weighted by Crippen LogP contribution is 2.34. The maximum Gasteiger partial charge on any atom is 0.434 e. The molecular formula is C21H24ClF3N4O3. The number of likely N-dealkylation sites (tertiary alicyclic amines) is 1. The van der Waals surface area contributed by atoms with Gasteiger partial charge < -0.3 is 15.0 Å². The Labute approximate surface area is 188 Å². The summed E-state index contributed by atoms with van der Waals surface area (Å²) < 4.78 is 47.4. The third-order valence-electron chi connectivity index (χ3n) is 4.84. The lowest BCUT2D eigenvalue weighted by Crippen LogP contribution is -2.48. The molecule has 0 saturated carbocycles. The molecule has 174 valence electrons. The van der Waals surface area contributed by atoms with Crippen LogP contribution in [0.25, 0.3) is 5.69 Å². The van der Waals surface area contributed by atoms with Gasteiger partial charge in [0.25, 0.3) is 5.91 Å². The van der Waals surface area contributed by atoms with Crippen LogP contribution in [-0.4, -0.2) is 51.4 Å². The van der Waals surface area contributed by atoms with Crippen molar-refractivity contribution in [3.8, 4) is 5.69 Å². The molecule has 11 heteroatoms. The van der Waals surface area contributed by atoms with Crippen LogP contribution in [0.3, 0.4) is 0 Å². The van der Waals surface area contributed by atoms with Crippen molar-refractivity contribution in [1.82, 2.24) is 20.0 Å². The summed E-state index contributed by atoms with van der Waals surface area (Å²) in [6.07, 6.45) is -3.55. The summed E-state index contributed by atoms with van der Waals surface area (Å²) in [5, 5.41) is 6.79. The normalized spacial score (nSPS) is 15.5. The second-order valence-electron chi connectivity index (χ2n) is 8.51. The monoisotopic (exact) mass is 472 g/mol. The Morgan fingerprint density at radius 2 is 1.72 bits per heavy atom. The molecule has 1 N–H and O–H groups in total. The highest BCUT2D eigenvalue weighted by Gasteiger charge is 2.41. The lowest BCUT2D eigenvalue weighted by atomic mass is 10.0. The maximum absolute atomic E-state index is 13.8. The molecule has 3 rings (SSSR count). The third-order valence-corrected chi connectivity index (χ3v) is 5.09. The van der Waals surface area contributed by atoms with Crippen LogP contribution < -0.4 is 5.32 Å². The van der Waals surface area contributed by atoms with Gasteiger partial charge in [-0.1, -0.05) is 11.6 Å². The number of amides is 2. The number of aromatic nitrogens is 2. The van der Waals surface area contributed by atoms with E-state index >= 15 is 0 Å². The zero-order valence-corrected chi connectivity index (χ0v) is 18.6. The molecule has 1 saturated heterocycles. The first-order chi connectivity index (χ1) is 14.8. The Morgan fingerprint density at radius 1 is 1.12 bits per heavy atom. The van der Waals surface area contributed by atoms with Crippen molar-refractivity contribution in [3.63, 3.8) is 0 Å². The highest BCUT2D eigenvalue weighted by atomic mass is 35.5. The molecule has 0 radical (unpaired) electrons. The first-order valence-electron chi connectivity index (χ1n) is 10.0. The van der Waals surface area contributed by atoms with Crippen molar-refractivity contribution in [1.29, 1.82) is 0 Å². The van der Waals surface area contributed by atoms with Gasteiger partial charge in [0.15, 0.2) is 5.69 Å². The molecule has 0 aliphatic carbocycles. The standard InChI is InChI=1S/C21H24ClF3N4O3/c1-20(2,3)32-19(31)28-10-8-14(9-11-28)27-18(30)16-12-26-29(17(16)21(23,24)25)15-6-4-13(22)5-7-15/h4-7,12,14H,8-11H2,1-3H3,(H,27,30). The number of rotatable bonds is 3. The molecule has 1 fully saturated rings. The number of hydrogen-bond donors (Lipinski definition) is 1. The molecule has 32 heavy (non-hydrogen) atoms. The number of carbonyl (C=O) groups excluding carboxylic acids is 2. The summed E-state index contributed by atoms with van der Waals surface area (Å²) in [6.45, 7) is 5.95. The predicted octanol–water partition coefficient (Wildman–Crippen LogP) is 4.67. The van der Waals surface area contributed by atoms with E-state index in [-0.39, 0.29) is 11.7 Å². The largest absolute Gasteiger partial charge is 0.444 e. The molecule has 1 aliphatic heterocycles. The molecular weight excluding hydrogens is 449 g/mol. The number of piperidine rings is 1. The molecule has 1 aromatic carbocycles. The van der Waals surface area contributed by atoms with Gasteiger partial charge in [0, 0.05) is 24.2 Å². The Morgan fingerprint density at radius 3 is 2.25 bits per heavy atom. The van der Waals surface area contributed by atoms with Crippen molar-refractivity contribution in [3.05, 3.63) is 46.7 Å². The topological polar surface area (TPSA) is 76.5 Å². The zero-order valence-electron chi connectivity index (χ0n) is 17.9. The minimum atomic E-state index is -4.80. The van der Waals surface area contributed by atoms with Crippen molar-refractivity contribution < 1.29 is 27.5 Å². The SMILES string of the molecule is CC(C)(C)OC(=O)N1CCC(NC(=O)c2cnn(-c3ccc(Cl)cc3)c2C(F)(F)F)CC1. The number of hydrogen-bond acceptors (Lipinski definition) is 4. The molecule has 1 aliphatic rings. The number of halogens is 4. The fraction of sp³-hybridized carbons (Fsp3) is 0.476. The van der Waals surface area contributed by atoms with Crippen LogP contribution in [0, 0.1) is 0 Å². The molecule has 7 nitrogen and oxygen atoms in total. The molecule has 2 heterocycles. The molecule has 2 aromatic rings. The van der Waals surface area contributed by atoms with Crippen LogP contribution in [0.1, 0.15) is 49.7 Å². The fourth-order valence-electron chi connectivity index (χ4n) is 3.36. The lowest BCUT2D eigenvalue weighted by Gasteiger charge is -2.33. The minimum absolute atomic E-state index is 0.131. The predicted molar refractivity (Wildman–Crippen MR) is 112 cm³/mol. The number of alkyl halides is 3. The zero-order chi connectivity index (χ0) is 23.7. The summed E-state index contributed by atoms with van der Waals surface area (Å²) in [6, 6.07) is 5.28. The summed E-state index contributed by atoms with van der Waals surface area (Å²) in [4.78, 5) is 26.4. The van der Waals surface area contributed by atoms with Gasteiger partial charge in [0.2, 0.25) is 0 Å². The molecule has 1 aromatic heterocycles. The van der Waals surface area contributed by atoms with Gasteiger partial charge >= 0.3 is 12.3 Å². The average molecular weight is 473 g/mol. The van der Waals surface area contributed by atoms with Crippen LogP contribution in [0.15, 0.2) is 30.5 Å². The number of carbonyl (C=O) groups is 2. The van der Waals surface area contributed by atoms with Crippen LogP contribution in [0.2, 0.25) is 5.02 Å². The summed E-state index contributed by atoms with van der Waals surface area (Å²) in [7, 11) is 0. The van der Waals surface area contributed by atoms with E-state index in [0.717, 1.165) is 6.20 Å². The fourth-order valence-corrected chi connectivity index (χ4v) is 3.49. The smallest absolute Gasteiger partial charge is 0.434 e. The van der Waals surface area contributed by atoms with Crippen LogP contribution >= 0.6 is 11.6 Å². The van der Waals surface area contributed by atoms with Crippen molar-refractivity contribution in [2.24, 2.45) is 0 Å². The van der Waals surface area contributed by atoms with E-state index in [0.29, 0.717) is 35.6 Å². The van der Waals surface area contributed by atoms with E-state index < -0.39 is 35.0 Å². The first-order valence-corrected chi connectivity index (χ1v) is 10.4. The Kier molecular flexibility index (Phi) is 6.73. The van der Waals surface area contributed by atoms with Crippen molar-refractivity contribution in [2.45, 2.75) is 51.4 Å². The average Bonchev–Trinajstić information content (AvgIpc) is 3.13. The van der Waals surface area contributed by atoms with E-state index in [9.17, 15) is 22.8 Å². The summed E-state index contributed by atoms with van der Waals surface area (Å²) >= 11 is 5.81. The van der Waals surface area contributed by atoms with Crippen LogP contribution in [0.5, 0.6) is 0 Å². The van der Waals surface area contributed by atoms with Gasteiger partial charge in [-0.25, -0.2) is 9.48 Å². The molecule has 0 bridgehead atoms. The molecule has 0 atom stereocenters. The van der Waals surface area contributed by atoms with Gasteiger partial charge in [0.1, 0.15) is 5.60 Å². The maximum atomic E-state index is 13.8. The van der Waals surface area contributed by atoms with E-state index in [1.807, 2.05) is 0 Å². The van der Waals surface area contributed by atoms with Gasteiger partial charge in [0.05, 0.1) is 17.4 Å². The quantitative estimate of drug-likeness (QED) is 0.704. The Hall–Kier alpha value is -2.75. The first kappa shape index (κ1) is 23.9. The van der Waals surface area contributed by atoms with Crippen molar-refractivity contribution in [2.75, 3.05) is 13.1 Å². The number of nitrogens with one attached hydrogen (secondary N) is 1. The summed E-state index contributed by atoms with van der Waals surface area (Å²) in [5.41, 5.74) is -2.22. The van der Waals surface area contributed by atoms with Gasteiger partial charge in [-0.2, -0.15) is 18.3 Å². The van der Waals surface area contributed by atoms with Gasteiger partial charge in [-0.3, -0.25) is 4.79 Å².